The zero-order valence-electron chi connectivity index (χ0n) is 14.9. The molecule has 0 radical (unpaired) electrons. The Morgan fingerprint density at radius 2 is 1.74 bits per heavy atom. The van der Waals surface area contributed by atoms with Crippen LogP contribution < -0.4 is 5.32 Å². The molecule has 1 amide bonds. The fourth-order valence-corrected chi connectivity index (χ4v) is 3.50. The van der Waals surface area contributed by atoms with Crippen LogP contribution >= 0.6 is 15.9 Å². The lowest BCUT2D eigenvalue weighted by atomic mass is 10.1. The smallest absolute Gasteiger partial charge is 0.259 e. The van der Waals surface area contributed by atoms with Gasteiger partial charge < -0.3 is 5.32 Å². The maximum absolute atomic E-state index is 12.8. The third kappa shape index (κ3) is 3.13. The number of hydrogen-bond acceptors (Lipinski definition) is 3. The first-order valence-corrected chi connectivity index (χ1v) is 9.32. The molecule has 0 aliphatic heterocycles. The van der Waals surface area contributed by atoms with Gasteiger partial charge in [-0.2, -0.15) is 5.10 Å². The molecule has 6 heteroatoms. The highest BCUT2D eigenvalue weighted by Crippen LogP contribution is 2.28. The number of nitrogens with one attached hydrogen (secondary N) is 1. The molecule has 0 unspecified atom stereocenters. The van der Waals surface area contributed by atoms with Gasteiger partial charge in [0, 0.05) is 16.2 Å². The van der Waals surface area contributed by atoms with Gasteiger partial charge in [-0.3, -0.25) is 4.79 Å². The van der Waals surface area contributed by atoms with Crippen molar-refractivity contribution in [3.63, 3.8) is 0 Å². The van der Waals surface area contributed by atoms with Crippen molar-refractivity contribution >= 4 is 33.2 Å². The number of amides is 1. The van der Waals surface area contributed by atoms with Gasteiger partial charge in [-0.05, 0) is 47.5 Å². The summed E-state index contributed by atoms with van der Waals surface area (Å²) >= 11 is 3.45. The molecule has 4 aromatic rings. The number of benzene rings is 2. The fourth-order valence-electron chi connectivity index (χ4n) is 3.12. The molecule has 0 saturated carbocycles. The van der Waals surface area contributed by atoms with Crippen molar-refractivity contribution in [2.75, 3.05) is 5.32 Å². The molecule has 2 aromatic heterocycles. The van der Waals surface area contributed by atoms with E-state index in [-0.39, 0.29) is 5.91 Å². The van der Waals surface area contributed by atoms with E-state index in [9.17, 15) is 4.79 Å². The molecule has 0 saturated heterocycles. The first kappa shape index (κ1) is 17.4. The molecule has 0 atom stereocenters. The van der Waals surface area contributed by atoms with Gasteiger partial charge >= 0.3 is 0 Å². The second-order valence-electron chi connectivity index (χ2n) is 6.25. The zero-order chi connectivity index (χ0) is 19.0. The Labute approximate surface area is 165 Å². The van der Waals surface area contributed by atoms with Gasteiger partial charge in [0.1, 0.15) is 0 Å². The molecule has 2 heterocycles. The predicted molar refractivity (Wildman–Crippen MR) is 110 cm³/mol. The number of aromatic nitrogens is 3. The Hall–Kier alpha value is -2.99. The molecule has 134 valence electrons. The molecule has 0 aliphatic carbocycles. The highest BCUT2D eigenvalue weighted by molar-refractivity contribution is 9.10. The highest BCUT2D eigenvalue weighted by Gasteiger charge is 2.19. The number of hydrogen-bond donors (Lipinski definition) is 1. The second kappa shape index (κ2) is 6.96. The Morgan fingerprint density at radius 1 is 1.04 bits per heavy atom. The summed E-state index contributed by atoms with van der Waals surface area (Å²) in [6.45, 7) is 3.84. The number of fused-ring (bicyclic) bond motifs is 1. The van der Waals surface area contributed by atoms with E-state index in [0.717, 1.165) is 32.6 Å². The molecule has 1 N–H and O–H groups in total. The van der Waals surface area contributed by atoms with Crippen LogP contribution in [0.15, 0.2) is 65.3 Å². The molecule has 27 heavy (non-hydrogen) atoms. The van der Waals surface area contributed by atoms with E-state index >= 15 is 0 Å². The van der Waals surface area contributed by atoms with Gasteiger partial charge in [0.15, 0.2) is 5.65 Å². The second-order valence-corrected chi connectivity index (χ2v) is 7.11. The number of para-hydroxylation sites is 1. The number of aryl methyl sites for hydroxylation is 2. The average molecular weight is 421 g/mol. The Bertz CT molecular complexity index is 1150. The molecular formula is C21H17BrN4O. The quantitative estimate of drug-likeness (QED) is 0.505. The van der Waals surface area contributed by atoms with Crippen molar-refractivity contribution in [1.29, 1.82) is 0 Å². The topological polar surface area (TPSA) is 59.3 Å². The number of anilines is 1. The molecular weight excluding hydrogens is 404 g/mol. The monoisotopic (exact) mass is 420 g/mol. The third-order valence-corrected chi connectivity index (χ3v) is 5.18. The van der Waals surface area contributed by atoms with Crippen molar-refractivity contribution in [2.45, 2.75) is 13.8 Å². The lowest BCUT2D eigenvalue weighted by Gasteiger charge is -2.10. The molecule has 0 spiro atoms. The maximum Gasteiger partial charge on any atom is 0.259 e. The first-order chi connectivity index (χ1) is 13.1. The van der Waals surface area contributed by atoms with Crippen LogP contribution in [0.4, 0.5) is 5.69 Å². The van der Waals surface area contributed by atoms with E-state index in [1.54, 1.807) is 10.7 Å². The summed E-state index contributed by atoms with van der Waals surface area (Å²) in [4.78, 5) is 17.3. The van der Waals surface area contributed by atoms with E-state index in [1.807, 2.05) is 68.4 Å². The summed E-state index contributed by atoms with van der Waals surface area (Å²) in [5.74, 6) is -0.219. The number of carbonyl (C=O) groups is 1. The van der Waals surface area contributed by atoms with Gasteiger partial charge in [-0.15, -0.1) is 0 Å². The normalized spacial score (nSPS) is 10.9. The summed E-state index contributed by atoms with van der Waals surface area (Å²) in [6.07, 6.45) is 1.62. The summed E-state index contributed by atoms with van der Waals surface area (Å²) in [5.41, 5.74) is 5.60. The minimum absolute atomic E-state index is 0.219. The first-order valence-electron chi connectivity index (χ1n) is 8.52. The summed E-state index contributed by atoms with van der Waals surface area (Å²) < 4.78 is 2.57. The van der Waals surface area contributed by atoms with Gasteiger partial charge in [-0.1, -0.05) is 42.5 Å². The fraction of sp³-hybridized carbons (Fsp3) is 0.0952. The number of nitrogens with zero attached hydrogens (tertiary/aromatic N) is 3. The van der Waals surface area contributed by atoms with Crippen LogP contribution in [0, 0.1) is 13.8 Å². The van der Waals surface area contributed by atoms with Gasteiger partial charge in [-0.25, -0.2) is 9.50 Å². The standard InChI is InChI=1S/C21H17BrN4O/c1-13-19(15-8-4-3-5-9-15)20-23-12-16(14(2)26(20)25-13)21(27)24-18-11-7-6-10-17(18)22/h3-12H,1-2H3,(H,24,27). The average Bonchev–Trinajstić information content (AvgIpc) is 3.01. The van der Waals surface area contributed by atoms with Crippen LogP contribution in [0.25, 0.3) is 16.8 Å². The van der Waals surface area contributed by atoms with Crippen molar-refractivity contribution in [3.8, 4) is 11.1 Å². The lowest BCUT2D eigenvalue weighted by Crippen LogP contribution is -2.16. The maximum atomic E-state index is 12.8. The molecule has 0 aliphatic rings. The van der Waals surface area contributed by atoms with Crippen LogP contribution in [-0.4, -0.2) is 20.5 Å². The predicted octanol–water partition coefficient (Wildman–Crippen LogP) is 5.03. The molecule has 5 nitrogen and oxygen atoms in total. The van der Waals surface area contributed by atoms with Crippen molar-refractivity contribution in [2.24, 2.45) is 0 Å². The van der Waals surface area contributed by atoms with Crippen LogP contribution in [-0.2, 0) is 0 Å². The summed E-state index contributed by atoms with van der Waals surface area (Å²) in [5, 5.41) is 7.54. The van der Waals surface area contributed by atoms with E-state index in [0.29, 0.717) is 11.3 Å². The molecule has 0 fully saturated rings. The largest absolute Gasteiger partial charge is 0.321 e. The van der Waals surface area contributed by atoms with Crippen molar-refractivity contribution in [3.05, 3.63) is 82.2 Å². The van der Waals surface area contributed by atoms with Gasteiger partial charge in [0.2, 0.25) is 0 Å². The van der Waals surface area contributed by atoms with Crippen molar-refractivity contribution < 1.29 is 4.79 Å². The van der Waals surface area contributed by atoms with Crippen LogP contribution in [0.3, 0.4) is 0 Å². The third-order valence-electron chi connectivity index (χ3n) is 4.49. The summed E-state index contributed by atoms with van der Waals surface area (Å²) in [6, 6.07) is 17.5. The van der Waals surface area contributed by atoms with E-state index in [1.165, 1.54) is 0 Å². The van der Waals surface area contributed by atoms with Gasteiger partial charge in [0.05, 0.1) is 22.6 Å². The van der Waals surface area contributed by atoms with E-state index in [2.05, 4.69) is 31.3 Å². The summed E-state index contributed by atoms with van der Waals surface area (Å²) in [7, 11) is 0. The lowest BCUT2D eigenvalue weighted by molar-refractivity contribution is 0.102. The number of halogens is 1. The molecule has 0 bridgehead atoms. The minimum atomic E-state index is -0.219. The SMILES string of the molecule is Cc1nn2c(C)c(C(=O)Nc3ccccc3Br)cnc2c1-c1ccccc1. The number of carbonyl (C=O) groups excluding carboxylic acids is 1. The highest BCUT2D eigenvalue weighted by atomic mass is 79.9. The Morgan fingerprint density at radius 3 is 2.48 bits per heavy atom. The van der Waals surface area contributed by atoms with Crippen LogP contribution in [0.2, 0.25) is 0 Å². The van der Waals surface area contributed by atoms with E-state index < -0.39 is 0 Å². The zero-order valence-corrected chi connectivity index (χ0v) is 16.5. The van der Waals surface area contributed by atoms with Crippen LogP contribution in [0.5, 0.6) is 0 Å². The number of rotatable bonds is 3. The minimum Gasteiger partial charge on any atom is -0.321 e. The Balaban J connectivity index is 1.77. The van der Waals surface area contributed by atoms with Crippen LogP contribution in [0.1, 0.15) is 21.7 Å². The van der Waals surface area contributed by atoms with Gasteiger partial charge in [0.25, 0.3) is 5.91 Å². The molecule has 4 rings (SSSR count). The molecule has 2 aromatic carbocycles. The van der Waals surface area contributed by atoms with Crippen molar-refractivity contribution in [1.82, 2.24) is 14.6 Å². The Kier molecular flexibility index (Phi) is 4.49. The van der Waals surface area contributed by atoms with E-state index in [4.69, 9.17) is 0 Å².